The number of rotatable bonds is 0. The van der Waals surface area contributed by atoms with Crippen LogP contribution in [0.3, 0.4) is 0 Å². The van der Waals surface area contributed by atoms with Gasteiger partial charge < -0.3 is 5.84 Å². The molecule has 0 amide bonds. The Morgan fingerprint density at radius 3 is 2.71 bits per heavy atom. The Labute approximate surface area is 83.1 Å². The highest BCUT2D eigenvalue weighted by molar-refractivity contribution is 5.99. The first-order valence-corrected chi connectivity index (χ1v) is 4.77. The first-order valence-electron chi connectivity index (χ1n) is 4.77. The number of carbonyl (C=O) groups is 1. The maximum atomic E-state index is 11.8. The summed E-state index contributed by atoms with van der Waals surface area (Å²) in [5, 5.41) is 4.08. The van der Waals surface area contributed by atoms with E-state index < -0.39 is 0 Å². The number of nitrogens with zero attached hydrogens (tertiary/aromatic N) is 2. The van der Waals surface area contributed by atoms with E-state index in [2.05, 4.69) is 18.9 Å². The SMILES string of the molecule is Cc1nn(N)c2c1C(=O)CC(C)(C)C2. The molecule has 0 atom stereocenters. The monoisotopic (exact) mass is 193 g/mol. The van der Waals surface area contributed by atoms with Gasteiger partial charge in [0.2, 0.25) is 0 Å². The largest absolute Gasteiger partial charge is 0.323 e. The van der Waals surface area contributed by atoms with E-state index in [1.165, 1.54) is 4.79 Å². The number of nitrogen functional groups attached to an aromatic ring is 1. The van der Waals surface area contributed by atoms with E-state index in [-0.39, 0.29) is 11.2 Å². The van der Waals surface area contributed by atoms with E-state index in [9.17, 15) is 4.79 Å². The number of aromatic nitrogens is 2. The number of aryl methyl sites for hydroxylation is 1. The highest BCUT2D eigenvalue weighted by Gasteiger charge is 2.35. The van der Waals surface area contributed by atoms with Crippen LogP contribution in [-0.2, 0) is 6.42 Å². The lowest BCUT2D eigenvalue weighted by Gasteiger charge is -2.28. The average molecular weight is 193 g/mol. The summed E-state index contributed by atoms with van der Waals surface area (Å²) in [6, 6.07) is 0. The minimum Gasteiger partial charge on any atom is -0.323 e. The van der Waals surface area contributed by atoms with Crippen molar-refractivity contribution in [2.45, 2.75) is 33.6 Å². The summed E-state index contributed by atoms with van der Waals surface area (Å²) in [6.07, 6.45) is 1.41. The maximum absolute atomic E-state index is 11.8. The van der Waals surface area contributed by atoms with Crippen LogP contribution in [0.25, 0.3) is 0 Å². The van der Waals surface area contributed by atoms with Crippen molar-refractivity contribution in [3.8, 4) is 0 Å². The van der Waals surface area contributed by atoms with Gasteiger partial charge in [-0.1, -0.05) is 13.8 Å². The fraction of sp³-hybridized carbons (Fsp3) is 0.600. The van der Waals surface area contributed by atoms with Crippen LogP contribution in [0.4, 0.5) is 0 Å². The molecule has 1 aliphatic rings. The maximum Gasteiger partial charge on any atom is 0.167 e. The van der Waals surface area contributed by atoms with Crippen molar-refractivity contribution in [1.29, 1.82) is 0 Å². The van der Waals surface area contributed by atoms with E-state index >= 15 is 0 Å². The number of hydrogen-bond donors (Lipinski definition) is 1. The molecule has 0 spiro atoms. The summed E-state index contributed by atoms with van der Waals surface area (Å²) < 4.78 is 0. The Morgan fingerprint density at radius 1 is 1.43 bits per heavy atom. The molecule has 0 unspecified atom stereocenters. The molecule has 4 nitrogen and oxygen atoms in total. The minimum atomic E-state index is 0.00762. The van der Waals surface area contributed by atoms with Crippen LogP contribution < -0.4 is 5.84 Å². The third-order valence-electron chi connectivity index (χ3n) is 2.75. The quantitative estimate of drug-likeness (QED) is 0.627. The van der Waals surface area contributed by atoms with Gasteiger partial charge in [0, 0.05) is 6.42 Å². The van der Waals surface area contributed by atoms with Crippen molar-refractivity contribution in [2.75, 3.05) is 5.84 Å². The van der Waals surface area contributed by atoms with Crippen molar-refractivity contribution in [3.05, 3.63) is 17.0 Å². The highest BCUT2D eigenvalue weighted by Crippen LogP contribution is 2.35. The molecule has 2 N–H and O–H groups in total. The zero-order valence-electron chi connectivity index (χ0n) is 8.79. The van der Waals surface area contributed by atoms with Crippen LogP contribution in [0.15, 0.2) is 0 Å². The second kappa shape index (κ2) is 2.59. The number of Topliss-reactive ketones (excluding diaryl/α,β-unsaturated/α-hetero) is 1. The van der Waals surface area contributed by atoms with E-state index in [4.69, 9.17) is 5.84 Å². The van der Waals surface area contributed by atoms with Gasteiger partial charge in [0.15, 0.2) is 5.78 Å². The van der Waals surface area contributed by atoms with E-state index in [0.717, 1.165) is 23.4 Å². The van der Waals surface area contributed by atoms with E-state index in [1.807, 2.05) is 6.92 Å². The standard InChI is InChI=1S/C10H15N3O/c1-6-9-7(13(11)12-6)4-10(2,3)5-8(9)14/h4-5,11H2,1-3H3. The van der Waals surface area contributed by atoms with Crippen LogP contribution in [0.2, 0.25) is 0 Å². The van der Waals surface area contributed by atoms with Crippen LogP contribution in [0.5, 0.6) is 0 Å². The zero-order valence-corrected chi connectivity index (χ0v) is 8.79. The molecule has 1 heterocycles. The lowest BCUT2D eigenvalue weighted by molar-refractivity contribution is 0.0910. The predicted molar refractivity (Wildman–Crippen MR) is 53.5 cm³/mol. The van der Waals surface area contributed by atoms with E-state index in [0.29, 0.717) is 6.42 Å². The van der Waals surface area contributed by atoms with Crippen molar-refractivity contribution >= 4 is 5.78 Å². The number of nitrogens with two attached hydrogens (primary N) is 1. The summed E-state index contributed by atoms with van der Waals surface area (Å²) >= 11 is 0. The van der Waals surface area contributed by atoms with Gasteiger partial charge in [0.25, 0.3) is 0 Å². The molecule has 1 aromatic heterocycles. The van der Waals surface area contributed by atoms with Crippen LogP contribution in [0.1, 0.15) is 42.0 Å². The Bertz CT molecular complexity index is 404. The number of carbonyl (C=O) groups excluding carboxylic acids is 1. The van der Waals surface area contributed by atoms with Gasteiger partial charge in [-0.2, -0.15) is 9.89 Å². The fourth-order valence-electron chi connectivity index (χ4n) is 2.17. The molecule has 0 bridgehead atoms. The van der Waals surface area contributed by atoms with Gasteiger partial charge in [0.1, 0.15) is 0 Å². The normalized spacial score (nSPS) is 19.5. The molecule has 1 aliphatic carbocycles. The minimum absolute atomic E-state index is 0.00762. The lowest BCUT2D eigenvalue weighted by atomic mass is 9.76. The summed E-state index contributed by atoms with van der Waals surface area (Å²) in [6.45, 7) is 5.99. The smallest absolute Gasteiger partial charge is 0.167 e. The molecule has 14 heavy (non-hydrogen) atoms. The Kier molecular flexibility index (Phi) is 1.71. The molecular formula is C10H15N3O. The molecule has 0 aliphatic heterocycles. The average Bonchev–Trinajstić information content (AvgIpc) is 2.24. The lowest BCUT2D eigenvalue weighted by Crippen LogP contribution is -2.29. The van der Waals surface area contributed by atoms with Crippen LogP contribution >= 0.6 is 0 Å². The molecule has 0 radical (unpaired) electrons. The number of ketones is 1. The third-order valence-corrected chi connectivity index (χ3v) is 2.75. The first-order chi connectivity index (χ1) is 6.41. The van der Waals surface area contributed by atoms with Crippen molar-refractivity contribution < 1.29 is 4.79 Å². The molecule has 0 saturated heterocycles. The van der Waals surface area contributed by atoms with Gasteiger partial charge in [0.05, 0.1) is 17.0 Å². The summed E-state index contributed by atoms with van der Waals surface area (Å²) in [7, 11) is 0. The second-order valence-corrected chi connectivity index (χ2v) is 4.79. The summed E-state index contributed by atoms with van der Waals surface area (Å²) in [4.78, 5) is 13.2. The summed E-state index contributed by atoms with van der Waals surface area (Å²) in [5.41, 5.74) is 2.38. The Morgan fingerprint density at radius 2 is 2.07 bits per heavy atom. The first kappa shape index (κ1) is 9.24. The van der Waals surface area contributed by atoms with Crippen molar-refractivity contribution in [2.24, 2.45) is 5.41 Å². The van der Waals surface area contributed by atoms with Crippen LogP contribution in [0, 0.1) is 12.3 Å². The molecule has 4 heteroatoms. The molecule has 0 fully saturated rings. The van der Waals surface area contributed by atoms with Gasteiger partial charge in [-0.15, -0.1) is 0 Å². The van der Waals surface area contributed by atoms with Crippen molar-refractivity contribution in [1.82, 2.24) is 9.89 Å². The molecular weight excluding hydrogens is 178 g/mol. The van der Waals surface area contributed by atoms with Crippen molar-refractivity contribution in [3.63, 3.8) is 0 Å². The van der Waals surface area contributed by atoms with Crippen LogP contribution in [-0.4, -0.2) is 15.7 Å². The zero-order chi connectivity index (χ0) is 10.5. The second-order valence-electron chi connectivity index (χ2n) is 4.79. The molecule has 76 valence electrons. The van der Waals surface area contributed by atoms with Gasteiger partial charge in [-0.05, 0) is 18.8 Å². The van der Waals surface area contributed by atoms with Gasteiger partial charge in [-0.3, -0.25) is 4.79 Å². The molecule has 0 saturated carbocycles. The molecule has 0 aromatic carbocycles. The number of fused-ring (bicyclic) bond motifs is 1. The Balaban J connectivity index is 2.58. The Hall–Kier alpha value is -1.32. The fourth-order valence-corrected chi connectivity index (χ4v) is 2.17. The third kappa shape index (κ3) is 1.22. The van der Waals surface area contributed by atoms with E-state index in [1.54, 1.807) is 0 Å². The van der Waals surface area contributed by atoms with Gasteiger partial charge in [-0.25, -0.2) is 0 Å². The number of hydrogen-bond acceptors (Lipinski definition) is 3. The molecule has 1 aromatic rings. The summed E-state index contributed by atoms with van der Waals surface area (Å²) in [5.74, 6) is 5.87. The highest BCUT2D eigenvalue weighted by atomic mass is 16.1. The van der Waals surface area contributed by atoms with Gasteiger partial charge >= 0.3 is 0 Å². The predicted octanol–water partition coefficient (Wildman–Crippen LogP) is 1.06. The topological polar surface area (TPSA) is 60.9 Å². The molecule has 2 rings (SSSR count).